The minimum absolute atomic E-state index is 0.0519. The smallest absolute Gasteiger partial charge is 0.210 e. The second-order valence-electron chi connectivity index (χ2n) is 11.3. The molecule has 5 aromatic heterocycles. The summed E-state index contributed by atoms with van der Waals surface area (Å²) in [7, 11) is 1.95. The van der Waals surface area contributed by atoms with Gasteiger partial charge >= 0.3 is 0 Å². The highest BCUT2D eigenvalue weighted by atomic mass is 16.5. The molecule has 5 aromatic rings. The zero-order valence-electron chi connectivity index (χ0n) is 22.0. The molecule has 0 unspecified atom stereocenters. The number of aromatic nitrogens is 8. The number of anilines is 2. The first-order valence-electron chi connectivity index (χ1n) is 13.1. The Kier molecular flexibility index (Phi) is 5.19. The predicted octanol–water partition coefficient (Wildman–Crippen LogP) is 4.88. The highest BCUT2D eigenvalue weighted by molar-refractivity contribution is 5.77. The summed E-state index contributed by atoms with van der Waals surface area (Å²) >= 11 is 0. The number of hydrogen-bond donors (Lipinski definition) is 1. The summed E-state index contributed by atoms with van der Waals surface area (Å²) in [5.41, 5.74) is 3.41. The average Bonchev–Trinajstić information content (AvgIpc) is 3.25. The summed E-state index contributed by atoms with van der Waals surface area (Å²) in [6.07, 6.45) is 10.5. The van der Waals surface area contributed by atoms with Crippen LogP contribution in [0.2, 0.25) is 0 Å². The van der Waals surface area contributed by atoms with Crippen LogP contribution in [0.3, 0.4) is 0 Å². The summed E-state index contributed by atoms with van der Waals surface area (Å²) < 4.78 is 17.9. The number of pyridine rings is 1. The van der Waals surface area contributed by atoms with Crippen LogP contribution in [0.15, 0.2) is 36.9 Å². The number of aryl methyl sites for hydroxylation is 1. The Labute approximate surface area is 219 Å². The third-order valence-electron chi connectivity index (χ3n) is 7.27. The Morgan fingerprint density at radius 1 is 1.03 bits per heavy atom. The van der Waals surface area contributed by atoms with Crippen LogP contribution in [0.25, 0.3) is 16.8 Å². The maximum atomic E-state index is 6.15. The largest absolute Gasteiger partial charge is 0.452 e. The molecule has 2 fully saturated rings. The number of nitrogens with one attached hydrogen (secondary N) is 1. The van der Waals surface area contributed by atoms with Gasteiger partial charge in [0.15, 0.2) is 22.9 Å². The van der Waals surface area contributed by atoms with Gasteiger partial charge in [0.05, 0.1) is 43.0 Å². The van der Waals surface area contributed by atoms with Gasteiger partial charge in [-0.25, -0.2) is 15.0 Å². The normalized spacial score (nSPS) is 18.1. The average molecular weight is 514 g/mol. The van der Waals surface area contributed by atoms with Crippen molar-refractivity contribution in [3.8, 4) is 11.5 Å². The fourth-order valence-electron chi connectivity index (χ4n) is 5.06. The van der Waals surface area contributed by atoms with Crippen molar-refractivity contribution in [1.82, 2.24) is 38.7 Å². The summed E-state index contributed by atoms with van der Waals surface area (Å²) in [4.78, 5) is 18.3. The first-order chi connectivity index (χ1) is 18.3. The number of hydrogen-bond acceptors (Lipinski definition) is 8. The molecule has 0 aromatic carbocycles. The fraction of sp³-hybridized carbons (Fsp3) is 0.444. The van der Waals surface area contributed by atoms with E-state index in [2.05, 4.69) is 51.8 Å². The van der Waals surface area contributed by atoms with Crippen molar-refractivity contribution in [2.24, 2.45) is 7.05 Å². The molecule has 6 heterocycles. The highest BCUT2D eigenvalue weighted by Gasteiger charge is 2.29. The van der Waals surface area contributed by atoms with Gasteiger partial charge in [0.2, 0.25) is 5.95 Å². The van der Waals surface area contributed by atoms with Crippen LogP contribution < -0.4 is 10.1 Å². The first-order valence-corrected chi connectivity index (χ1v) is 13.1. The van der Waals surface area contributed by atoms with Gasteiger partial charge in [-0.15, -0.1) is 0 Å². The SMILES string of the molecule is Cn1c(Nc2cc(C(C)(C)C)n([C@H]3CCOC3)n2)nc2ncc(Oc3cnc4cnc(C5CC5)n4c3)cc21. The lowest BCUT2D eigenvalue weighted by molar-refractivity contribution is 0.183. The molecule has 1 aliphatic carbocycles. The zero-order chi connectivity index (χ0) is 26.0. The highest BCUT2D eigenvalue weighted by Crippen LogP contribution is 2.39. The predicted molar refractivity (Wildman–Crippen MR) is 142 cm³/mol. The minimum Gasteiger partial charge on any atom is -0.452 e. The molecule has 1 saturated carbocycles. The van der Waals surface area contributed by atoms with E-state index in [1.54, 1.807) is 12.4 Å². The van der Waals surface area contributed by atoms with Gasteiger partial charge in [0.25, 0.3) is 0 Å². The third-order valence-corrected chi connectivity index (χ3v) is 7.27. The topological polar surface area (TPSA) is 109 Å². The first kappa shape index (κ1) is 23.2. The van der Waals surface area contributed by atoms with Crippen LogP contribution in [0, 0.1) is 0 Å². The van der Waals surface area contributed by atoms with Gasteiger partial charge in [-0.05, 0) is 19.3 Å². The molecule has 1 atom stereocenters. The molecule has 0 radical (unpaired) electrons. The molecule has 0 bridgehead atoms. The van der Waals surface area contributed by atoms with Crippen molar-refractivity contribution in [3.05, 3.63) is 48.4 Å². The van der Waals surface area contributed by atoms with E-state index in [1.807, 2.05) is 34.5 Å². The molecular weight excluding hydrogens is 482 g/mol. The summed E-state index contributed by atoms with van der Waals surface area (Å²) in [6, 6.07) is 4.29. The molecule has 38 heavy (non-hydrogen) atoms. The number of imidazole rings is 2. The summed E-state index contributed by atoms with van der Waals surface area (Å²) in [6.45, 7) is 8.06. The van der Waals surface area contributed by atoms with E-state index in [0.717, 1.165) is 41.5 Å². The molecule has 2 aliphatic rings. The molecule has 1 aliphatic heterocycles. The summed E-state index contributed by atoms with van der Waals surface area (Å²) in [5.74, 6) is 4.23. The van der Waals surface area contributed by atoms with Crippen LogP contribution in [0.4, 0.5) is 11.8 Å². The van der Waals surface area contributed by atoms with Crippen LogP contribution in [-0.2, 0) is 17.2 Å². The molecule has 7 rings (SSSR count). The summed E-state index contributed by atoms with van der Waals surface area (Å²) in [5, 5.41) is 8.30. The van der Waals surface area contributed by atoms with Crippen molar-refractivity contribution in [3.63, 3.8) is 0 Å². The fourth-order valence-corrected chi connectivity index (χ4v) is 5.06. The monoisotopic (exact) mass is 513 g/mol. The maximum absolute atomic E-state index is 6.15. The number of fused-ring (bicyclic) bond motifs is 2. The third kappa shape index (κ3) is 4.07. The van der Waals surface area contributed by atoms with Gasteiger partial charge in [-0.3, -0.25) is 9.08 Å². The van der Waals surface area contributed by atoms with Crippen molar-refractivity contribution >= 4 is 28.6 Å². The molecule has 0 spiro atoms. The van der Waals surface area contributed by atoms with Gasteiger partial charge < -0.3 is 19.4 Å². The Bertz CT molecular complexity index is 1650. The van der Waals surface area contributed by atoms with Crippen molar-refractivity contribution < 1.29 is 9.47 Å². The Hall–Kier alpha value is -3.99. The van der Waals surface area contributed by atoms with E-state index in [9.17, 15) is 0 Å². The van der Waals surface area contributed by atoms with E-state index in [-0.39, 0.29) is 11.5 Å². The quantitative estimate of drug-likeness (QED) is 0.342. The molecular formula is C27H31N9O2. The van der Waals surface area contributed by atoms with E-state index in [0.29, 0.717) is 35.6 Å². The van der Waals surface area contributed by atoms with Gasteiger partial charge in [-0.2, -0.15) is 10.1 Å². The van der Waals surface area contributed by atoms with E-state index < -0.39 is 0 Å². The number of ether oxygens (including phenoxy) is 2. The maximum Gasteiger partial charge on any atom is 0.210 e. The molecule has 1 N–H and O–H groups in total. The van der Waals surface area contributed by atoms with Crippen LogP contribution in [0.1, 0.15) is 63.5 Å². The zero-order valence-corrected chi connectivity index (χ0v) is 22.0. The Morgan fingerprint density at radius 2 is 1.87 bits per heavy atom. The van der Waals surface area contributed by atoms with Gasteiger partial charge in [0, 0.05) is 42.8 Å². The lowest BCUT2D eigenvalue weighted by atomic mass is 9.91. The lowest BCUT2D eigenvalue weighted by Crippen LogP contribution is -2.22. The second kappa shape index (κ2) is 8.52. The van der Waals surface area contributed by atoms with Gasteiger partial charge in [-0.1, -0.05) is 20.8 Å². The Morgan fingerprint density at radius 3 is 2.63 bits per heavy atom. The van der Waals surface area contributed by atoms with Crippen LogP contribution >= 0.6 is 0 Å². The van der Waals surface area contributed by atoms with Crippen molar-refractivity contribution in [2.45, 2.75) is 57.4 Å². The standard InChI is InChI=1S/C27H31N9O2/c1-27(2,3)21-10-22(33-36(21)17-7-8-37-15-17)31-26-32-24-20(34(26)4)9-18(11-29-24)38-19-12-28-23-13-30-25(16-5-6-16)35(23)14-19/h9-14,16-17H,5-8,15H2,1-4H3,(H,29,31,32,33)/t17-/m0/s1. The van der Waals surface area contributed by atoms with E-state index in [1.165, 1.54) is 12.8 Å². The van der Waals surface area contributed by atoms with Gasteiger partial charge in [0.1, 0.15) is 11.6 Å². The lowest BCUT2D eigenvalue weighted by Gasteiger charge is -2.22. The van der Waals surface area contributed by atoms with Crippen LogP contribution in [0.5, 0.6) is 11.5 Å². The van der Waals surface area contributed by atoms with E-state index >= 15 is 0 Å². The molecule has 0 amide bonds. The number of rotatable bonds is 6. The second-order valence-corrected chi connectivity index (χ2v) is 11.3. The van der Waals surface area contributed by atoms with Crippen molar-refractivity contribution in [2.75, 3.05) is 18.5 Å². The minimum atomic E-state index is -0.0519. The number of nitrogens with zero attached hydrogens (tertiary/aromatic N) is 8. The van der Waals surface area contributed by atoms with Crippen LogP contribution in [-0.4, -0.2) is 51.9 Å². The molecule has 196 valence electrons. The molecule has 11 heteroatoms. The molecule has 1 saturated heterocycles. The molecule has 11 nitrogen and oxygen atoms in total. The van der Waals surface area contributed by atoms with E-state index in [4.69, 9.17) is 19.6 Å². The van der Waals surface area contributed by atoms with Crippen molar-refractivity contribution in [1.29, 1.82) is 0 Å². The Balaban J connectivity index is 1.16.